The molecule has 0 unspecified atom stereocenters. The zero-order valence-corrected chi connectivity index (χ0v) is 16.4. The van der Waals surface area contributed by atoms with Crippen LogP contribution in [0.25, 0.3) is 0 Å². The van der Waals surface area contributed by atoms with E-state index in [-0.39, 0.29) is 10.7 Å². The lowest BCUT2D eigenvalue weighted by atomic mass is 10.0. The van der Waals surface area contributed by atoms with Crippen molar-refractivity contribution in [3.05, 3.63) is 78.0 Å². The monoisotopic (exact) mass is 381 g/mol. The Bertz CT molecular complexity index is 1010. The molecule has 0 spiro atoms. The van der Waals surface area contributed by atoms with Gasteiger partial charge in [0.2, 0.25) is 0 Å². The highest BCUT2D eigenvalue weighted by Crippen LogP contribution is 2.21. The largest absolute Gasteiger partial charge is 0.354 e. The minimum absolute atomic E-state index is 0.219. The van der Waals surface area contributed by atoms with Crippen molar-refractivity contribution >= 4 is 27.2 Å². The van der Waals surface area contributed by atoms with E-state index in [1.165, 1.54) is 5.56 Å². The zero-order valence-electron chi connectivity index (χ0n) is 15.6. The van der Waals surface area contributed by atoms with E-state index in [9.17, 15) is 8.42 Å². The van der Waals surface area contributed by atoms with E-state index < -0.39 is 10.0 Å². The van der Waals surface area contributed by atoms with Gasteiger partial charge in [0.05, 0.1) is 16.8 Å². The van der Waals surface area contributed by atoms with E-state index in [2.05, 4.69) is 41.0 Å². The van der Waals surface area contributed by atoms with E-state index in [1.54, 1.807) is 36.5 Å². The molecule has 0 bridgehead atoms. The average molecular weight is 382 g/mol. The van der Waals surface area contributed by atoms with Gasteiger partial charge in [-0.1, -0.05) is 38.1 Å². The van der Waals surface area contributed by atoms with Crippen LogP contribution in [-0.4, -0.2) is 13.4 Å². The van der Waals surface area contributed by atoms with Gasteiger partial charge in [-0.15, -0.1) is 0 Å². The minimum atomic E-state index is -3.65. The first-order chi connectivity index (χ1) is 12.8. The van der Waals surface area contributed by atoms with E-state index in [1.807, 2.05) is 25.1 Å². The number of nitrogens with one attached hydrogen (secondary N) is 2. The number of pyridine rings is 1. The topological polar surface area (TPSA) is 71.1 Å². The van der Waals surface area contributed by atoms with Crippen LogP contribution in [0.4, 0.5) is 17.2 Å². The summed E-state index contributed by atoms with van der Waals surface area (Å²) in [4.78, 5) is 4.42. The van der Waals surface area contributed by atoms with Gasteiger partial charge in [0.25, 0.3) is 10.0 Å². The van der Waals surface area contributed by atoms with Crippen LogP contribution in [0.3, 0.4) is 0 Å². The number of aromatic nitrogens is 1. The van der Waals surface area contributed by atoms with Gasteiger partial charge in [-0.05, 0) is 60.4 Å². The van der Waals surface area contributed by atoms with Gasteiger partial charge in [0.15, 0.2) is 0 Å². The molecule has 0 saturated heterocycles. The molecule has 0 atom stereocenters. The molecule has 5 nitrogen and oxygen atoms in total. The Hall–Kier alpha value is -2.86. The van der Waals surface area contributed by atoms with Crippen LogP contribution in [-0.2, 0) is 10.0 Å². The number of hydrogen-bond acceptors (Lipinski definition) is 4. The number of benzene rings is 2. The molecule has 140 valence electrons. The number of hydrogen-bond donors (Lipinski definition) is 2. The lowest BCUT2D eigenvalue weighted by Crippen LogP contribution is -2.14. The van der Waals surface area contributed by atoms with Crippen molar-refractivity contribution in [1.29, 1.82) is 0 Å². The normalized spacial score (nSPS) is 11.4. The second kappa shape index (κ2) is 7.80. The third-order valence-corrected chi connectivity index (χ3v) is 5.52. The van der Waals surface area contributed by atoms with Crippen LogP contribution in [0.2, 0.25) is 0 Å². The summed E-state index contributed by atoms with van der Waals surface area (Å²) in [6.45, 7) is 6.16. The first-order valence-corrected chi connectivity index (χ1v) is 10.2. The molecule has 0 aliphatic carbocycles. The summed E-state index contributed by atoms with van der Waals surface area (Å²) in [5.41, 5.74) is 3.90. The maximum absolute atomic E-state index is 12.4. The van der Waals surface area contributed by atoms with Gasteiger partial charge in [-0.3, -0.25) is 4.72 Å². The predicted octanol–water partition coefficient (Wildman–Crippen LogP) is 5.06. The Balaban J connectivity index is 1.70. The molecule has 0 amide bonds. The average Bonchev–Trinajstić information content (AvgIpc) is 2.63. The smallest absolute Gasteiger partial charge is 0.263 e. The molecule has 6 heteroatoms. The standard InChI is InChI=1S/C21H23N3O2S/c1-15(2)17-7-9-18(10-8-17)23-19-11-12-21(22-14-19)24-27(25,26)20-6-4-5-16(3)13-20/h4-15,23H,1-3H3,(H,22,24). The molecular weight excluding hydrogens is 358 g/mol. The lowest BCUT2D eigenvalue weighted by Gasteiger charge is -2.11. The summed E-state index contributed by atoms with van der Waals surface area (Å²) < 4.78 is 27.4. The molecular formula is C21H23N3O2S. The summed E-state index contributed by atoms with van der Waals surface area (Å²) in [7, 11) is -3.65. The summed E-state index contributed by atoms with van der Waals surface area (Å²) >= 11 is 0. The first kappa shape index (κ1) is 18.9. The highest BCUT2D eigenvalue weighted by Gasteiger charge is 2.14. The minimum Gasteiger partial charge on any atom is -0.354 e. The van der Waals surface area contributed by atoms with Crippen molar-refractivity contribution in [2.45, 2.75) is 31.6 Å². The van der Waals surface area contributed by atoms with Crippen LogP contribution in [0.15, 0.2) is 71.8 Å². The first-order valence-electron chi connectivity index (χ1n) is 8.76. The Morgan fingerprint density at radius 1 is 0.926 bits per heavy atom. The fourth-order valence-corrected chi connectivity index (χ4v) is 3.74. The van der Waals surface area contributed by atoms with Crippen LogP contribution in [0, 0.1) is 6.92 Å². The fourth-order valence-electron chi connectivity index (χ4n) is 2.63. The molecule has 0 aliphatic heterocycles. The lowest BCUT2D eigenvalue weighted by molar-refractivity contribution is 0.601. The van der Waals surface area contributed by atoms with Gasteiger partial charge in [0, 0.05) is 5.69 Å². The van der Waals surface area contributed by atoms with Crippen molar-refractivity contribution in [2.24, 2.45) is 0 Å². The second-order valence-corrected chi connectivity index (χ2v) is 8.44. The molecule has 3 aromatic rings. The molecule has 0 fully saturated rings. The Labute approximate surface area is 160 Å². The van der Waals surface area contributed by atoms with Gasteiger partial charge < -0.3 is 5.32 Å². The maximum atomic E-state index is 12.4. The third-order valence-electron chi connectivity index (χ3n) is 4.17. The third kappa shape index (κ3) is 4.86. The van der Waals surface area contributed by atoms with Gasteiger partial charge in [-0.2, -0.15) is 0 Å². The molecule has 3 rings (SSSR count). The molecule has 0 saturated carbocycles. The molecule has 2 aromatic carbocycles. The Morgan fingerprint density at radius 3 is 2.22 bits per heavy atom. The van der Waals surface area contributed by atoms with Crippen molar-refractivity contribution in [3.8, 4) is 0 Å². The predicted molar refractivity (Wildman–Crippen MR) is 110 cm³/mol. The van der Waals surface area contributed by atoms with Crippen molar-refractivity contribution in [2.75, 3.05) is 10.0 Å². The molecule has 2 N–H and O–H groups in total. The van der Waals surface area contributed by atoms with Crippen molar-refractivity contribution < 1.29 is 8.42 Å². The van der Waals surface area contributed by atoms with E-state index in [4.69, 9.17) is 0 Å². The Kier molecular flexibility index (Phi) is 5.46. The van der Waals surface area contributed by atoms with E-state index in [0.717, 1.165) is 16.9 Å². The number of sulfonamides is 1. The molecule has 0 aliphatic rings. The van der Waals surface area contributed by atoms with Crippen molar-refractivity contribution in [3.63, 3.8) is 0 Å². The second-order valence-electron chi connectivity index (χ2n) is 6.76. The zero-order chi connectivity index (χ0) is 19.4. The van der Waals surface area contributed by atoms with Crippen molar-refractivity contribution in [1.82, 2.24) is 4.98 Å². The highest BCUT2D eigenvalue weighted by molar-refractivity contribution is 7.92. The quantitative estimate of drug-likeness (QED) is 0.626. The summed E-state index contributed by atoms with van der Waals surface area (Å²) in [5, 5.41) is 3.26. The number of nitrogens with zero attached hydrogens (tertiary/aromatic N) is 1. The number of anilines is 3. The molecule has 1 aromatic heterocycles. The van der Waals surface area contributed by atoms with Crippen LogP contribution in [0.5, 0.6) is 0 Å². The maximum Gasteiger partial charge on any atom is 0.263 e. The number of rotatable bonds is 6. The van der Waals surface area contributed by atoms with E-state index >= 15 is 0 Å². The Morgan fingerprint density at radius 2 is 1.63 bits per heavy atom. The highest BCUT2D eigenvalue weighted by atomic mass is 32.2. The number of aryl methyl sites for hydroxylation is 1. The van der Waals surface area contributed by atoms with Gasteiger partial charge >= 0.3 is 0 Å². The molecule has 27 heavy (non-hydrogen) atoms. The summed E-state index contributed by atoms with van der Waals surface area (Å²) in [6.07, 6.45) is 1.60. The van der Waals surface area contributed by atoms with Gasteiger partial charge in [-0.25, -0.2) is 13.4 Å². The summed E-state index contributed by atoms with van der Waals surface area (Å²) in [5.74, 6) is 0.763. The SMILES string of the molecule is Cc1cccc(S(=O)(=O)Nc2ccc(Nc3ccc(C(C)C)cc3)cn2)c1. The summed E-state index contributed by atoms with van der Waals surface area (Å²) in [6, 6.07) is 18.4. The van der Waals surface area contributed by atoms with E-state index in [0.29, 0.717) is 5.92 Å². The molecule has 1 heterocycles. The molecule has 0 radical (unpaired) electrons. The van der Waals surface area contributed by atoms with Crippen LogP contribution < -0.4 is 10.0 Å². The van der Waals surface area contributed by atoms with Crippen LogP contribution >= 0.6 is 0 Å². The van der Waals surface area contributed by atoms with Gasteiger partial charge in [0.1, 0.15) is 5.82 Å². The van der Waals surface area contributed by atoms with Crippen LogP contribution in [0.1, 0.15) is 30.9 Å². The fraction of sp³-hybridized carbons (Fsp3) is 0.190.